The van der Waals surface area contributed by atoms with Crippen LogP contribution in [0.25, 0.3) is 10.9 Å². The smallest absolute Gasteiger partial charge is 0.410 e. The largest absolute Gasteiger partial charge is 0.444 e. The van der Waals surface area contributed by atoms with E-state index in [1.807, 2.05) is 25.7 Å². The highest BCUT2D eigenvalue weighted by atomic mass is 79.9. The highest BCUT2D eigenvalue weighted by Gasteiger charge is 2.41. The summed E-state index contributed by atoms with van der Waals surface area (Å²) < 4.78 is 15.7. The number of carbonyl (C=O) groups is 1. The molecule has 1 aromatic carbocycles. The SMILES string of the molecule is Cn1c2c(c3ccc(Br)cc31)CCN(C(=O)OC(C)(C)C)C2CO[Si](C)(C)C(C)(C)C. The van der Waals surface area contributed by atoms with Crippen molar-refractivity contribution in [1.82, 2.24) is 9.47 Å². The van der Waals surface area contributed by atoms with E-state index in [2.05, 4.69) is 79.6 Å². The van der Waals surface area contributed by atoms with E-state index in [1.165, 1.54) is 16.5 Å². The standard InChI is InChI=1S/C24H37BrN2O3Si/c1-23(2,3)30-22(28)27-13-12-18-17-11-10-16(25)14-19(17)26(7)21(18)20(27)15-29-31(8,9)24(4,5)6/h10-11,14,20H,12-13,15H2,1-9H3. The van der Waals surface area contributed by atoms with Crippen LogP contribution >= 0.6 is 15.9 Å². The zero-order chi connectivity index (χ0) is 23.4. The topological polar surface area (TPSA) is 43.7 Å². The first-order valence-electron chi connectivity index (χ1n) is 11.0. The minimum atomic E-state index is -1.98. The van der Waals surface area contributed by atoms with E-state index in [1.54, 1.807) is 0 Å². The predicted molar refractivity (Wildman–Crippen MR) is 133 cm³/mol. The normalized spacial score (nSPS) is 17.7. The number of nitrogens with zero attached hydrogens (tertiary/aromatic N) is 2. The van der Waals surface area contributed by atoms with Crippen LogP contribution in [0.4, 0.5) is 4.79 Å². The second-order valence-electron chi connectivity index (χ2n) is 11.1. The summed E-state index contributed by atoms with van der Waals surface area (Å²) in [5, 5.41) is 1.35. The summed E-state index contributed by atoms with van der Waals surface area (Å²) >= 11 is 3.60. The number of aromatic nitrogens is 1. The lowest BCUT2D eigenvalue weighted by Crippen LogP contribution is -2.48. The third-order valence-electron chi connectivity index (χ3n) is 6.65. The van der Waals surface area contributed by atoms with Gasteiger partial charge in [-0.3, -0.25) is 4.90 Å². The van der Waals surface area contributed by atoms with Crippen LogP contribution in [-0.4, -0.2) is 42.6 Å². The van der Waals surface area contributed by atoms with Gasteiger partial charge in [0.15, 0.2) is 8.32 Å². The molecule has 0 fully saturated rings. The van der Waals surface area contributed by atoms with Gasteiger partial charge in [0.1, 0.15) is 5.60 Å². The number of halogens is 1. The van der Waals surface area contributed by atoms with Gasteiger partial charge in [0.25, 0.3) is 0 Å². The van der Waals surface area contributed by atoms with Crippen LogP contribution in [0, 0.1) is 0 Å². The second kappa shape index (κ2) is 8.23. The fourth-order valence-corrected chi connectivity index (χ4v) is 5.30. The van der Waals surface area contributed by atoms with Gasteiger partial charge in [0, 0.05) is 34.7 Å². The summed E-state index contributed by atoms with van der Waals surface area (Å²) in [6, 6.07) is 6.23. The Hall–Kier alpha value is -1.31. The van der Waals surface area contributed by atoms with Crippen molar-refractivity contribution in [1.29, 1.82) is 0 Å². The molecule has 1 atom stereocenters. The Morgan fingerprint density at radius 1 is 1.19 bits per heavy atom. The van der Waals surface area contributed by atoms with Crippen LogP contribution in [0.15, 0.2) is 22.7 Å². The van der Waals surface area contributed by atoms with Gasteiger partial charge in [0.2, 0.25) is 0 Å². The lowest BCUT2D eigenvalue weighted by Gasteiger charge is -2.41. The van der Waals surface area contributed by atoms with Gasteiger partial charge in [-0.1, -0.05) is 42.8 Å². The molecule has 1 aliphatic heterocycles. The van der Waals surface area contributed by atoms with Crippen molar-refractivity contribution in [2.45, 2.75) is 77.7 Å². The third kappa shape index (κ3) is 4.88. The van der Waals surface area contributed by atoms with E-state index in [-0.39, 0.29) is 17.2 Å². The Labute approximate surface area is 196 Å². The van der Waals surface area contributed by atoms with Crippen LogP contribution in [-0.2, 0) is 22.6 Å². The molecule has 0 saturated heterocycles. The molecule has 1 aromatic heterocycles. The molecular formula is C24H37BrN2O3Si. The Kier molecular flexibility index (Phi) is 6.46. The molecule has 1 unspecified atom stereocenters. The van der Waals surface area contributed by atoms with Gasteiger partial charge in [-0.15, -0.1) is 0 Å². The van der Waals surface area contributed by atoms with E-state index < -0.39 is 13.9 Å². The average Bonchev–Trinajstić information content (AvgIpc) is 2.89. The summed E-state index contributed by atoms with van der Waals surface area (Å²) in [5.41, 5.74) is 3.10. The van der Waals surface area contributed by atoms with Gasteiger partial charge >= 0.3 is 6.09 Å². The summed E-state index contributed by atoms with van der Waals surface area (Å²) in [7, 11) is 0.107. The first-order valence-corrected chi connectivity index (χ1v) is 14.7. The van der Waals surface area contributed by atoms with Crippen molar-refractivity contribution in [3.8, 4) is 0 Å². The molecule has 1 aliphatic rings. The maximum Gasteiger partial charge on any atom is 0.410 e. The summed E-state index contributed by atoms with van der Waals surface area (Å²) in [6.07, 6.45) is 0.540. The number of amides is 1. The first-order chi connectivity index (χ1) is 14.1. The van der Waals surface area contributed by atoms with Gasteiger partial charge in [-0.2, -0.15) is 0 Å². The minimum Gasteiger partial charge on any atom is -0.444 e. The lowest BCUT2D eigenvalue weighted by molar-refractivity contribution is 0.00685. The summed E-state index contributed by atoms with van der Waals surface area (Å²) in [6.45, 7) is 18.1. The Balaban J connectivity index is 2.06. The molecular weight excluding hydrogens is 472 g/mol. The van der Waals surface area contributed by atoms with Crippen LogP contribution in [0.5, 0.6) is 0 Å². The van der Waals surface area contributed by atoms with Crippen molar-refractivity contribution in [3.05, 3.63) is 33.9 Å². The monoisotopic (exact) mass is 508 g/mol. The van der Waals surface area contributed by atoms with Crippen molar-refractivity contribution >= 4 is 41.2 Å². The second-order valence-corrected chi connectivity index (χ2v) is 16.8. The predicted octanol–water partition coefficient (Wildman–Crippen LogP) is 6.80. The molecule has 0 saturated carbocycles. The third-order valence-corrected chi connectivity index (χ3v) is 11.6. The number of hydrogen-bond donors (Lipinski definition) is 0. The van der Waals surface area contributed by atoms with Crippen LogP contribution in [0.1, 0.15) is 58.8 Å². The van der Waals surface area contributed by atoms with Crippen molar-refractivity contribution in [3.63, 3.8) is 0 Å². The lowest BCUT2D eigenvalue weighted by atomic mass is 9.98. The number of ether oxygens (including phenoxy) is 1. The summed E-state index contributed by atoms with van der Waals surface area (Å²) in [5.74, 6) is 0. The molecule has 5 nitrogen and oxygen atoms in total. The zero-order valence-corrected chi connectivity index (χ0v) is 23.0. The van der Waals surface area contributed by atoms with E-state index in [9.17, 15) is 4.79 Å². The Morgan fingerprint density at radius 3 is 2.42 bits per heavy atom. The summed E-state index contributed by atoms with van der Waals surface area (Å²) in [4.78, 5) is 15.0. The number of aryl methyl sites for hydroxylation is 1. The van der Waals surface area contributed by atoms with E-state index >= 15 is 0 Å². The molecule has 1 amide bonds. The van der Waals surface area contributed by atoms with E-state index in [4.69, 9.17) is 9.16 Å². The quantitative estimate of drug-likeness (QED) is 0.428. The molecule has 7 heteroatoms. The minimum absolute atomic E-state index is 0.102. The molecule has 2 heterocycles. The van der Waals surface area contributed by atoms with Crippen molar-refractivity contribution in [2.24, 2.45) is 7.05 Å². The molecule has 3 rings (SSSR count). The van der Waals surface area contributed by atoms with Gasteiger partial charge < -0.3 is 13.7 Å². The molecule has 0 N–H and O–H groups in total. The van der Waals surface area contributed by atoms with Gasteiger partial charge in [-0.25, -0.2) is 4.79 Å². The van der Waals surface area contributed by atoms with E-state index in [0.29, 0.717) is 13.2 Å². The highest BCUT2D eigenvalue weighted by Crippen LogP contribution is 2.41. The van der Waals surface area contributed by atoms with Crippen LogP contribution in [0.3, 0.4) is 0 Å². The maximum atomic E-state index is 13.2. The molecule has 0 spiro atoms. The fourth-order valence-electron chi connectivity index (χ4n) is 3.94. The molecule has 0 bridgehead atoms. The Bertz CT molecular complexity index is 985. The van der Waals surface area contributed by atoms with E-state index in [0.717, 1.165) is 16.6 Å². The van der Waals surface area contributed by atoms with Gasteiger partial charge in [0.05, 0.1) is 12.6 Å². The fraction of sp³-hybridized carbons (Fsp3) is 0.625. The molecule has 172 valence electrons. The van der Waals surface area contributed by atoms with Crippen molar-refractivity contribution < 1.29 is 14.0 Å². The zero-order valence-electron chi connectivity index (χ0n) is 20.4. The molecule has 2 aromatic rings. The highest BCUT2D eigenvalue weighted by molar-refractivity contribution is 9.10. The van der Waals surface area contributed by atoms with Gasteiger partial charge in [-0.05, 0) is 63.0 Å². The maximum absolute atomic E-state index is 13.2. The van der Waals surface area contributed by atoms with Crippen LogP contribution in [0.2, 0.25) is 18.1 Å². The number of benzene rings is 1. The molecule has 0 aliphatic carbocycles. The number of rotatable bonds is 3. The number of hydrogen-bond acceptors (Lipinski definition) is 3. The molecule has 0 radical (unpaired) electrons. The van der Waals surface area contributed by atoms with Crippen molar-refractivity contribution in [2.75, 3.05) is 13.2 Å². The average molecular weight is 510 g/mol. The van der Waals surface area contributed by atoms with Crippen LogP contribution < -0.4 is 0 Å². The number of fused-ring (bicyclic) bond motifs is 3. The Morgan fingerprint density at radius 2 is 1.84 bits per heavy atom. The molecule has 31 heavy (non-hydrogen) atoms. The first kappa shape index (κ1) is 24.3. The number of carbonyl (C=O) groups excluding carboxylic acids is 1.